The highest BCUT2D eigenvalue weighted by Crippen LogP contribution is 2.30. The number of nitrogens with zero attached hydrogens (tertiary/aromatic N) is 2. The topological polar surface area (TPSA) is 51.0 Å². The van der Waals surface area contributed by atoms with Gasteiger partial charge < -0.3 is 9.84 Å². The summed E-state index contributed by atoms with van der Waals surface area (Å²) in [5.74, 6) is 1.14. The van der Waals surface area contributed by atoms with E-state index in [2.05, 4.69) is 15.5 Å². The molecule has 3 rings (SSSR count). The minimum atomic E-state index is 0.168. The van der Waals surface area contributed by atoms with Gasteiger partial charge in [0.25, 0.3) is 5.89 Å². The number of hydrogen-bond acceptors (Lipinski definition) is 4. The highest BCUT2D eigenvalue weighted by atomic mass is 35.5. The molecular weight excluding hydrogens is 297 g/mol. The summed E-state index contributed by atoms with van der Waals surface area (Å²) in [6, 6.07) is 5.40. The van der Waals surface area contributed by atoms with E-state index in [1.807, 2.05) is 0 Å². The Bertz CT molecular complexity index is 592. The number of benzene rings is 1. The molecular formula is C14H15Cl2N3O. The van der Waals surface area contributed by atoms with Gasteiger partial charge >= 0.3 is 0 Å². The maximum absolute atomic E-state index is 6.16. The van der Waals surface area contributed by atoms with Crippen LogP contribution in [0.3, 0.4) is 0 Å². The van der Waals surface area contributed by atoms with Crippen LogP contribution >= 0.6 is 23.2 Å². The Kier molecular flexibility index (Phi) is 4.24. The fraction of sp³-hybridized carbons (Fsp3) is 0.429. The summed E-state index contributed by atoms with van der Waals surface area (Å²) in [5, 5.41) is 8.63. The first-order valence-corrected chi connectivity index (χ1v) is 7.52. The van der Waals surface area contributed by atoms with Gasteiger partial charge in [0.1, 0.15) is 0 Å². The highest BCUT2D eigenvalue weighted by Gasteiger charge is 2.20. The van der Waals surface area contributed by atoms with Crippen LogP contribution in [0.5, 0.6) is 0 Å². The molecule has 106 valence electrons. The Labute approximate surface area is 127 Å². The normalized spacial score (nSPS) is 19.8. The molecule has 0 amide bonds. The van der Waals surface area contributed by atoms with E-state index in [1.165, 1.54) is 19.3 Å². The van der Waals surface area contributed by atoms with E-state index in [4.69, 9.17) is 27.7 Å². The van der Waals surface area contributed by atoms with Crippen molar-refractivity contribution in [3.63, 3.8) is 0 Å². The lowest BCUT2D eigenvalue weighted by molar-refractivity contribution is 0.402. The molecule has 0 radical (unpaired) electrons. The Morgan fingerprint density at radius 2 is 2.10 bits per heavy atom. The molecule has 1 saturated heterocycles. The monoisotopic (exact) mass is 311 g/mol. The number of hydrogen-bond donors (Lipinski definition) is 1. The van der Waals surface area contributed by atoms with Crippen LogP contribution in [0.4, 0.5) is 0 Å². The maximum Gasteiger partial charge on any atom is 0.259 e. The zero-order valence-electron chi connectivity index (χ0n) is 10.9. The number of rotatable bonds is 2. The molecule has 1 N–H and O–H groups in total. The van der Waals surface area contributed by atoms with Crippen molar-refractivity contribution in [2.24, 2.45) is 0 Å². The molecule has 0 saturated carbocycles. The Hall–Kier alpha value is -1.10. The number of halogens is 2. The zero-order chi connectivity index (χ0) is 13.9. The molecule has 0 bridgehead atoms. The van der Waals surface area contributed by atoms with Crippen LogP contribution in [-0.2, 0) is 0 Å². The van der Waals surface area contributed by atoms with Gasteiger partial charge in [-0.05, 0) is 37.6 Å². The quantitative estimate of drug-likeness (QED) is 0.901. The van der Waals surface area contributed by atoms with Crippen molar-refractivity contribution in [2.45, 2.75) is 31.7 Å². The lowest BCUT2D eigenvalue weighted by Crippen LogP contribution is -2.21. The van der Waals surface area contributed by atoms with Gasteiger partial charge in [-0.3, -0.25) is 0 Å². The van der Waals surface area contributed by atoms with Crippen LogP contribution in [0.15, 0.2) is 22.7 Å². The molecule has 0 aliphatic carbocycles. The third-order valence-electron chi connectivity index (χ3n) is 3.48. The predicted molar refractivity (Wildman–Crippen MR) is 79.0 cm³/mol. The summed E-state index contributed by atoms with van der Waals surface area (Å²) in [7, 11) is 0. The van der Waals surface area contributed by atoms with Gasteiger partial charge in [-0.2, -0.15) is 4.98 Å². The van der Waals surface area contributed by atoms with Crippen LogP contribution in [0.25, 0.3) is 11.5 Å². The highest BCUT2D eigenvalue weighted by molar-refractivity contribution is 6.36. The molecule has 1 unspecified atom stereocenters. The molecule has 1 aliphatic rings. The van der Waals surface area contributed by atoms with Gasteiger partial charge in [0.15, 0.2) is 5.82 Å². The molecule has 4 nitrogen and oxygen atoms in total. The van der Waals surface area contributed by atoms with E-state index in [1.54, 1.807) is 18.2 Å². The maximum atomic E-state index is 6.16. The third-order valence-corrected chi connectivity index (χ3v) is 4.02. The largest absolute Gasteiger partial charge is 0.334 e. The summed E-state index contributed by atoms with van der Waals surface area (Å²) < 4.78 is 5.34. The third kappa shape index (κ3) is 2.97. The molecule has 20 heavy (non-hydrogen) atoms. The van der Waals surface area contributed by atoms with E-state index < -0.39 is 0 Å². The Balaban J connectivity index is 1.85. The van der Waals surface area contributed by atoms with Gasteiger partial charge in [-0.1, -0.05) is 41.2 Å². The lowest BCUT2D eigenvalue weighted by atomic mass is 10.1. The minimum Gasteiger partial charge on any atom is -0.334 e. The van der Waals surface area contributed by atoms with Crippen molar-refractivity contribution < 1.29 is 4.52 Å². The minimum absolute atomic E-state index is 0.168. The van der Waals surface area contributed by atoms with Crippen molar-refractivity contribution in [1.82, 2.24) is 15.5 Å². The Morgan fingerprint density at radius 1 is 1.20 bits per heavy atom. The van der Waals surface area contributed by atoms with Crippen molar-refractivity contribution in [3.8, 4) is 11.5 Å². The predicted octanol–water partition coefficient (Wildman–Crippen LogP) is 4.25. The zero-order valence-corrected chi connectivity index (χ0v) is 12.4. The average molecular weight is 312 g/mol. The average Bonchev–Trinajstić information content (AvgIpc) is 2.74. The van der Waals surface area contributed by atoms with E-state index in [-0.39, 0.29) is 6.04 Å². The van der Waals surface area contributed by atoms with E-state index in [9.17, 15) is 0 Å². The first kappa shape index (κ1) is 13.9. The van der Waals surface area contributed by atoms with Gasteiger partial charge in [-0.25, -0.2) is 0 Å². The molecule has 1 fully saturated rings. The molecule has 2 heterocycles. The standard InChI is InChI=1S/C14H15Cl2N3O/c15-9-5-6-10(11(16)8-9)14-18-13(19-20-14)12-4-2-1-3-7-17-12/h5-6,8,12,17H,1-4,7H2. The second kappa shape index (κ2) is 6.12. The van der Waals surface area contributed by atoms with Gasteiger partial charge in [-0.15, -0.1) is 0 Å². The van der Waals surface area contributed by atoms with Crippen molar-refractivity contribution in [2.75, 3.05) is 6.54 Å². The lowest BCUT2D eigenvalue weighted by Gasteiger charge is -2.09. The van der Waals surface area contributed by atoms with Crippen molar-refractivity contribution in [1.29, 1.82) is 0 Å². The molecule has 6 heteroatoms. The fourth-order valence-electron chi connectivity index (χ4n) is 2.40. The summed E-state index contributed by atoms with van der Waals surface area (Å²) in [6.45, 7) is 0.996. The smallest absolute Gasteiger partial charge is 0.259 e. The van der Waals surface area contributed by atoms with E-state index in [0.29, 0.717) is 27.3 Å². The number of nitrogens with one attached hydrogen (secondary N) is 1. The van der Waals surface area contributed by atoms with Crippen LogP contribution < -0.4 is 5.32 Å². The van der Waals surface area contributed by atoms with Crippen LogP contribution in [-0.4, -0.2) is 16.7 Å². The second-order valence-electron chi connectivity index (χ2n) is 4.94. The van der Waals surface area contributed by atoms with Crippen LogP contribution in [0.1, 0.15) is 37.5 Å². The summed E-state index contributed by atoms with van der Waals surface area (Å²) in [6.07, 6.45) is 4.66. The first-order valence-electron chi connectivity index (χ1n) is 6.76. The summed E-state index contributed by atoms with van der Waals surface area (Å²) in [4.78, 5) is 4.47. The molecule has 0 spiro atoms. The Morgan fingerprint density at radius 3 is 2.95 bits per heavy atom. The van der Waals surface area contributed by atoms with Crippen molar-refractivity contribution >= 4 is 23.2 Å². The van der Waals surface area contributed by atoms with E-state index in [0.717, 1.165) is 13.0 Å². The van der Waals surface area contributed by atoms with E-state index >= 15 is 0 Å². The number of aromatic nitrogens is 2. The van der Waals surface area contributed by atoms with Crippen LogP contribution in [0.2, 0.25) is 10.0 Å². The van der Waals surface area contributed by atoms with Crippen molar-refractivity contribution in [3.05, 3.63) is 34.1 Å². The molecule has 1 aromatic carbocycles. The fourth-order valence-corrected chi connectivity index (χ4v) is 2.89. The molecule has 1 aromatic heterocycles. The van der Waals surface area contributed by atoms with Gasteiger partial charge in [0.05, 0.1) is 16.6 Å². The summed E-state index contributed by atoms with van der Waals surface area (Å²) in [5.41, 5.74) is 0.712. The molecule has 1 atom stereocenters. The van der Waals surface area contributed by atoms with Gasteiger partial charge in [0.2, 0.25) is 0 Å². The second-order valence-corrected chi connectivity index (χ2v) is 5.78. The van der Waals surface area contributed by atoms with Crippen LogP contribution in [0, 0.1) is 0 Å². The first-order chi connectivity index (χ1) is 9.74. The molecule has 1 aliphatic heterocycles. The van der Waals surface area contributed by atoms with Gasteiger partial charge in [0, 0.05) is 5.02 Å². The SMILES string of the molecule is Clc1ccc(-c2nc(C3CCCCCN3)no2)c(Cl)c1. The molecule has 2 aromatic rings. The summed E-state index contributed by atoms with van der Waals surface area (Å²) >= 11 is 12.0.